The Labute approximate surface area is 150 Å². The van der Waals surface area contributed by atoms with Gasteiger partial charge in [0, 0.05) is 21.6 Å². The number of rotatable bonds is 0. The highest BCUT2D eigenvalue weighted by atomic mass is 79.9. The molecular weight excluding hydrogens is 370 g/mol. The molecule has 2 heterocycles. The van der Waals surface area contributed by atoms with Gasteiger partial charge in [-0.05, 0) is 65.3 Å². The smallest absolute Gasteiger partial charge is 0.0831 e. The van der Waals surface area contributed by atoms with E-state index in [0.717, 1.165) is 26.2 Å². The lowest BCUT2D eigenvalue weighted by atomic mass is 9.76. The predicted molar refractivity (Wildman–Crippen MR) is 101 cm³/mol. The quantitative estimate of drug-likeness (QED) is 0.628. The predicted octanol–water partition coefficient (Wildman–Crippen LogP) is 4.89. The maximum absolute atomic E-state index is 10.7. The molecule has 1 aromatic carbocycles. The van der Waals surface area contributed by atoms with E-state index in [1.807, 2.05) is 31.4 Å². The van der Waals surface area contributed by atoms with E-state index in [1.165, 1.54) is 5.56 Å². The van der Waals surface area contributed by atoms with Crippen LogP contribution >= 0.6 is 27.3 Å². The van der Waals surface area contributed by atoms with Crippen LogP contribution in [-0.2, 0) is 0 Å². The first-order valence-corrected chi connectivity index (χ1v) is 9.33. The standard InChI is InChI=1S/C19H20BrNOS/c1-11-10-15(20)14(8-7-13-6-5-9-23-13)16-12(2)18(22)19(3,4)21-17(11)16/h5-6,9-10,12,18,21-22H,1-4H3/t12-,18+/m1/s1. The normalized spacial score (nSPS) is 21.8. The number of aliphatic hydroxyl groups is 1. The Kier molecular flexibility index (Phi) is 4.31. The first-order chi connectivity index (χ1) is 10.8. The Morgan fingerprint density at radius 1 is 1.35 bits per heavy atom. The summed E-state index contributed by atoms with van der Waals surface area (Å²) in [5.41, 5.74) is 3.98. The van der Waals surface area contributed by atoms with Crippen molar-refractivity contribution in [2.75, 3.05) is 5.32 Å². The maximum Gasteiger partial charge on any atom is 0.0831 e. The third-order valence-electron chi connectivity index (χ3n) is 4.46. The van der Waals surface area contributed by atoms with Gasteiger partial charge >= 0.3 is 0 Å². The molecule has 1 aromatic heterocycles. The van der Waals surface area contributed by atoms with Crippen LogP contribution in [0.15, 0.2) is 28.1 Å². The van der Waals surface area contributed by atoms with Crippen LogP contribution in [0.4, 0.5) is 5.69 Å². The highest BCUT2D eigenvalue weighted by Crippen LogP contribution is 2.44. The van der Waals surface area contributed by atoms with E-state index in [0.29, 0.717) is 0 Å². The molecular formula is C19H20BrNOS. The summed E-state index contributed by atoms with van der Waals surface area (Å²) in [6.07, 6.45) is -0.467. The second-order valence-corrected chi connectivity index (χ2v) is 8.45. The number of halogens is 1. The topological polar surface area (TPSA) is 32.3 Å². The Hall–Kier alpha value is -1.28. The summed E-state index contributed by atoms with van der Waals surface area (Å²) in [6, 6.07) is 6.13. The molecule has 3 rings (SSSR count). The molecule has 2 aromatic rings. The van der Waals surface area contributed by atoms with Gasteiger partial charge in [-0.15, -0.1) is 11.3 Å². The van der Waals surface area contributed by atoms with Crippen molar-refractivity contribution in [3.63, 3.8) is 0 Å². The molecule has 23 heavy (non-hydrogen) atoms. The van der Waals surface area contributed by atoms with Crippen molar-refractivity contribution < 1.29 is 5.11 Å². The minimum absolute atomic E-state index is 0.0186. The zero-order valence-electron chi connectivity index (χ0n) is 13.7. The number of aryl methyl sites for hydroxylation is 1. The van der Waals surface area contributed by atoms with E-state index < -0.39 is 6.10 Å². The summed E-state index contributed by atoms with van der Waals surface area (Å²) < 4.78 is 0.985. The average Bonchev–Trinajstić information content (AvgIpc) is 2.99. The first kappa shape index (κ1) is 16.6. The number of fused-ring (bicyclic) bond motifs is 1. The first-order valence-electron chi connectivity index (χ1n) is 7.66. The molecule has 0 radical (unpaired) electrons. The van der Waals surface area contributed by atoms with Gasteiger partial charge in [-0.2, -0.15) is 0 Å². The van der Waals surface area contributed by atoms with Gasteiger partial charge in [0.1, 0.15) is 0 Å². The van der Waals surface area contributed by atoms with Crippen LogP contribution in [0.2, 0.25) is 0 Å². The van der Waals surface area contributed by atoms with Crippen molar-refractivity contribution in [2.24, 2.45) is 0 Å². The lowest BCUT2D eigenvalue weighted by Gasteiger charge is -2.43. The highest BCUT2D eigenvalue weighted by Gasteiger charge is 2.40. The van der Waals surface area contributed by atoms with Crippen molar-refractivity contribution in [3.05, 3.63) is 49.6 Å². The molecule has 120 valence electrons. The number of hydrogen-bond donors (Lipinski definition) is 2. The summed E-state index contributed by atoms with van der Waals surface area (Å²) >= 11 is 5.29. The van der Waals surface area contributed by atoms with E-state index in [-0.39, 0.29) is 11.5 Å². The van der Waals surface area contributed by atoms with Crippen molar-refractivity contribution in [3.8, 4) is 11.8 Å². The number of thiophene rings is 1. The van der Waals surface area contributed by atoms with E-state index in [9.17, 15) is 5.11 Å². The Balaban J connectivity index is 2.19. The van der Waals surface area contributed by atoms with E-state index in [2.05, 4.69) is 53.0 Å². The van der Waals surface area contributed by atoms with Gasteiger partial charge in [0.25, 0.3) is 0 Å². The van der Waals surface area contributed by atoms with Gasteiger partial charge < -0.3 is 10.4 Å². The van der Waals surface area contributed by atoms with Gasteiger partial charge in [0.05, 0.1) is 16.5 Å². The highest BCUT2D eigenvalue weighted by molar-refractivity contribution is 9.10. The molecule has 0 saturated heterocycles. The van der Waals surface area contributed by atoms with Gasteiger partial charge in [-0.1, -0.05) is 24.8 Å². The number of hydrogen-bond acceptors (Lipinski definition) is 3. The summed E-state index contributed by atoms with van der Waals surface area (Å²) in [4.78, 5) is 1.04. The molecule has 0 aliphatic carbocycles. The third kappa shape index (κ3) is 2.94. The number of aliphatic hydroxyl groups excluding tert-OH is 1. The zero-order valence-corrected chi connectivity index (χ0v) is 16.1. The van der Waals surface area contributed by atoms with Crippen molar-refractivity contribution in [1.82, 2.24) is 0 Å². The molecule has 2 atom stereocenters. The van der Waals surface area contributed by atoms with Crippen molar-refractivity contribution >= 4 is 33.0 Å². The minimum atomic E-state index is -0.467. The van der Waals surface area contributed by atoms with Gasteiger partial charge in [0.2, 0.25) is 0 Å². The van der Waals surface area contributed by atoms with Crippen LogP contribution in [0.1, 0.15) is 48.3 Å². The molecule has 1 aliphatic heterocycles. The lowest BCUT2D eigenvalue weighted by molar-refractivity contribution is 0.0867. The monoisotopic (exact) mass is 389 g/mol. The number of anilines is 1. The fraction of sp³-hybridized carbons (Fsp3) is 0.368. The summed E-state index contributed by atoms with van der Waals surface area (Å²) in [5, 5.41) is 16.2. The SMILES string of the molecule is Cc1cc(Br)c(C#Cc2cccs2)c2c1NC(C)(C)[C@@H](O)[C@@H]2C. The largest absolute Gasteiger partial charge is 0.390 e. The Bertz CT molecular complexity index is 799. The zero-order chi connectivity index (χ0) is 16.8. The molecule has 0 saturated carbocycles. The number of benzene rings is 1. The molecule has 0 amide bonds. The lowest BCUT2D eigenvalue weighted by Crippen LogP contribution is -2.50. The van der Waals surface area contributed by atoms with E-state index in [1.54, 1.807) is 11.3 Å². The summed E-state index contributed by atoms with van der Waals surface area (Å²) in [7, 11) is 0. The molecule has 0 unspecified atom stereocenters. The number of nitrogens with one attached hydrogen (secondary N) is 1. The molecule has 2 N–H and O–H groups in total. The molecule has 0 spiro atoms. The Morgan fingerprint density at radius 3 is 2.74 bits per heavy atom. The van der Waals surface area contributed by atoms with Gasteiger partial charge in [-0.3, -0.25) is 0 Å². The molecule has 0 fully saturated rings. The van der Waals surface area contributed by atoms with Crippen LogP contribution < -0.4 is 5.32 Å². The van der Waals surface area contributed by atoms with Crippen molar-refractivity contribution in [1.29, 1.82) is 0 Å². The van der Waals surface area contributed by atoms with Crippen LogP contribution in [-0.4, -0.2) is 16.7 Å². The second-order valence-electron chi connectivity index (χ2n) is 6.65. The fourth-order valence-electron chi connectivity index (χ4n) is 3.20. The molecule has 4 heteroatoms. The molecule has 0 bridgehead atoms. The van der Waals surface area contributed by atoms with Crippen LogP contribution in [0.5, 0.6) is 0 Å². The second kappa shape index (κ2) is 5.98. The maximum atomic E-state index is 10.7. The van der Waals surface area contributed by atoms with Gasteiger partial charge in [-0.25, -0.2) is 0 Å². The van der Waals surface area contributed by atoms with E-state index in [4.69, 9.17) is 0 Å². The average molecular weight is 390 g/mol. The van der Waals surface area contributed by atoms with Gasteiger partial charge in [0.15, 0.2) is 0 Å². The minimum Gasteiger partial charge on any atom is -0.390 e. The summed E-state index contributed by atoms with van der Waals surface area (Å²) in [6.45, 7) is 8.24. The van der Waals surface area contributed by atoms with Crippen LogP contribution in [0.25, 0.3) is 0 Å². The van der Waals surface area contributed by atoms with E-state index >= 15 is 0 Å². The van der Waals surface area contributed by atoms with Crippen LogP contribution in [0.3, 0.4) is 0 Å². The Morgan fingerprint density at radius 2 is 2.09 bits per heavy atom. The molecule has 2 nitrogen and oxygen atoms in total. The van der Waals surface area contributed by atoms with Crippen molar-refractivity contribution in [2.45, 2.75) is 45.3 Å². The summed E-state index contributed by atoms with van der Waals surface area (Å²) in [5.74, 6) is 6.57. The third-order valence-corrected chi connectivity index (χ3v) is 5.87. The fourth-order valence-corrected chi connectivity index (χ4v) is 4.43. The molecule has 1 aliphatic rings. The van der Waals surface area contributed by atoms with Crippen LogP contribution in [0, 0.1) is 18.8 Å².